The quantitative estimate of drug-likeness (QED) is 0.657. The first-order chi connectivity index (χ1) is 11.0. The number of aliphatic hydroxyl groups is 1. The first-order valence-electron chi connectivity index (χ1n) is 6.77. The molecule has 1 aliphatic heterocycles. The van der Waals surface area contributed by atoms with E-state index in [0.717, 1.165) is 0 Å². The van der Waals surface area contributed by atoms with Gasteiger partial charge in [-0.2, -0.15) is 0 Å². The summed E-state index contributed by atoms with van der Waals surface area (Å²) in [6.45, 7) is 0.0456. The van der Waals surface area contributed by atoms with Gasteiger partial charge in [0.05, 0.1) is 27.8 Å². The van der Waals surface area contributed by atoms with Crippen molar-refractivity contribution in [1.82, 2.24) is 0 Å². The average molecular weight is 330 g/mol. The van der Waals surface area contributed by atoms with E-state index in [0.29, 0.717) is 16.8 Å². The van der Waals surface area contributed by atoms with Crippen LogP contribution in [0.1, 0.15) is 5.56 Å². The van der Waals surface area contributed by atoms with Crippen molar-refractivity contribution < 1.29 is 10.0 Å². The molecule has 3 rings (SSSR count). The fraction of sp³-hybridized carbons (Fsp3) is 0.0625. The van der Waals surface area contributed by atoms with Gasteiger partial charge in [0.1, 0.15) is 11.6 Å². The van der Waals surface area contributed by atoms with Crippen LogP contribution in [0.3, 0.4) is 0 Å². The molecule has 0 aliphatic carbocycles. The standard InChI is InChI=1S/C16H12ClN3O3/c17-12-7-6-11(20(22)23)8-13(12)19-9-14(21)15(16(19)18)10-4-2-1-3-5-10/h1-8,18,21H,9H2. The Bertz CT molecular complexity index is 834. The van der Waals surface area contributed by atoms with E-state index in [1.54, 1.807) is 12.1 Å². The Morgan fingerprint density at radius 3 is 2.57 bits per heavy atom. The first kappa shape index (κ1) is 15.1. The molecular formula is C16H12ClN3O3. The summed E-state index contributed by atoms with van der Waals surface area (Å²) in [5, 5.41) is 29.8. The molecule has 0 saturated carbocycles. The molecule has 0 radical (unpaired) electrons. The van der Waals surface area contributed by atoms with E-state index < -0.39 is 4.92 Å². The first-order valence-corrected chi connectivity index (χ1v) is 7.15. The molecule has 0 spiro atoms. The van der Waals surface area contributed by atoms with Crippen LogP contribution in [0.2, 0.25) is 5.02 Å². The Hall–Kier alpha value is -2.86. The number of nitro benzene ring substituents is 1. The summed E-state index contributed by atoms with van der Waals surface area (Å²) in [4.78, 5) is 11.9. The van der Waals surface area contributed by atoms with Crippen molar-refractivity contribution in [3.8, 4) is 0 Å². The summed E-state index contributed by atoms with van der Waals surface area (Å²) < 4.78 is 0. The van der Waals surface area contributed by atoms with Crippen LogP contribution < -0.4 is 4.90 Å². The maximum atomic E-state index is 10.9. The zero-order valence-electron chi connectivity index (χ0n) is 11.9. The third kappa shape index (κ3) is 2.64. The molecule has 2 aromatic rings. The second kappa shape index (κ2) is 5.73. The van der Waals surface area contributed by atoms with Gasteiger partial charge in [-0.15, -0.1) is 0 Å². The summed E-state index contributed by atoms with van der Waals surface area (Å²) in [6, 6.07) is 13.1. The minimum atomic E-state index is -0.523. The van der Waals surface area contributed by atoms with Crippen molar-refractivity contribution >= 4 is 34.4 Å². The lowest BCUT2D eigenvalue weighted by Gasteiger charge is -2.20. The van der Waals surface area contributed by atoms with Crippen LogP contribution in [0.25, 0.3) is 5.57 Å². The zero-order valence-corrected chi connectivity index (χ0v) is 12.6. The number of non-ortho nitro benzene ring substituents is 1. The number of benzene rings is 2. The van der Waals surface area contributed by atoms with Gasteiger partial charge in [0.25, 0.3) is 5.69 Å². The number of nitro groups is 1. The number of aliphatic hydroxyl groups excluding tert-OH is 1. The maximum absolute atomic E-state index is 10.9. The maximum Gasteiger partial charge on any atom is 0.271 e. The van der Waals surface area contributed by atoms with Crippen molar-refractivity contribution in [2.75, 3.05) is 11.4 Å². The van der Waals surface area contributed by atoms with Crippen molar-refractivity contribution in [3.63, 3.8) is 0 Å². The Morgan fingerprint density at radius 2 is 1.91 bits per heavy atom. The van der Waals surface area contributed by atoms with E-state index in [4.69, 9.17) is 17.0 Å². The highest BCUT2D eigenvalue weighted by Gasteiger charge is 2.31. The van der Waals surface area contributed by atoms with Crippen molar-refractivity contribution in [2.45, 2.75) is 0 Å². The summed E-state index contributed by atoms with van der Waals surface area (Å²) in [6.07, 6.45) is 0. The minimum Gasteiger partial charge on any atom is -0.510 e. The van der Waals surface area contributed by atoms with E-state index >= 15 is 0 Å². The monoisotopic (exact) mass is 329 g/mol. The Morgan fingerprint density at radius 1 is 1.22 bits per heavy atom. The lowest BCUT2D eigenvalue weighted by atomic mass is 10.1. The number of nitrogens with zero attached hydrogens (tertiary/aromatic N) is 2. The van der Waals surface area contributed by atoms with E-state index in [1.807, 2.05) is 18.2 Å². The van der Waals surface area contributed by atoms with Crippen LogP contribution >= 0.6 is 11.6 Å². The molecular weight excluding hydrogens is 318 g/mol. The molecule has 0 aromatic heterocycles. The zero-order chi connectivity index (χ0) is 16.6. The summed E-state index contributed by atoms with van der Waals surface area (Å²) in [5.74, 6) is 0.0832. The number of amidine groups is 1. The van der Waals surface area contributed by atoms with E-state index in [9.17, 15) is 15.2 Å². The second-order valence-corrected chi connectivity index (χ2v) is 5.42. The van der Waals surface area contributed by atoms with Gasteiger partial charge in [-0.3, -0.25) is 15.5 Å². The largest absolute Gasteiger partial charge is 0.510 e. The van der Waals surface area contributed by atoms with Gasteiger partial charge < -0.3 is 10.0 Å². The lowest BCUT2D eigenvalue weighted by molar-refractivity contribution is -0.384. The predicted octanol–water partition coefficient (Wildman–Crippen LogP) is 4.01. The van der Waals surface area contributed by atoms with E-state index in [-0.39, 0.29) is 28.8 Å². The highest BCUT2D eigenvalue weighted by molar-refractivity contribution is 6.37. The van der Waals surface area contributed by atoms with Crippen LogP contribution in [-0.4, -0.2) is 22.4 Å². The minimum absolute atomic E-state index is 0.0313. The van der Waals surface area contributed by atoms with Crippen LogP contribution in [-0.2, 0) is 0 Å². The molecule has 0 amide bonds. The number of anilines is 1. The van der Waals surface area contributed by atoms with Crippen molar-refractivity contribution in [1.29, 1.82) is 5.41 Å². The van der Waals surface area contributed by atoms with Gasteiger partial charge in [0, 0.05) is 12.1 Å². The van der Waals surface area contributed by atoms with Gasteiger partial charge in [-0.25, -0.2) is 0 Å². The molecule has 7 heteroatoms. The van der Waals surface area contributed by atoms with E-state index in [2.05, 4.69) is 0 Å². The molecule has 23 heavy (non-hydrogen) atoms. The van der Waals surface area contributed by atoms with Gasteiger partial charge >= 0.3 is 0 Å². The fourth-order valence-corrected chi connectivity index (χ4v) is 2.73. The fourth-order valence-electron chi connectivity index (χ4n) is 2.51. The summed E-state index contributed by atoms with van der Waals surface area (Å²) >= 11 is 6.13. The predicted molar refractivity (Wildman–Crippen MR) is 89.2 cm³/mol. The smallest absolute Gasteiger partial charge is 0.271 e. The lowest BCUT2D eigenvalue weighted by Crippen LogP contribution is -2.26. The molecule has 0 atom stereocenters. The Kier molecular flexibility index (Phi) is 3.75. The van der Waals surface area contributed by atoms with Crippen LogP contribution in [0.15, 0.2) is 54.3 Å². The van der Waals surface area contributed by atoms with Gasteiger partial charge in [0.15, 0.2) is 0 Å². The second-order valence-electron chi connectivity index (χ2n) is 5.02. The highest BCUT2D eigenvalue weighted by atomic mass is 35.5. The molecule has 1 heterocycles. The molecule has 116 valence electrons. The molecule has 0 bridgehead atoms. The SMILES string of the molecule is N=C1C(c2ccccc2)=C(O)CN1c1cc([N+](=O)[O-])ccc1Cl. The Labute approximate surface area is 136 Å². The van der Waals surface area contributed by atoms with Crippen LogP contribution in [0.5, 0.6) is 0 Å². The molecule has 6 nitrogen and oxygen atoms in total. The average Bonchev–Trinajstić information content (AvgIpc) is 2.83. The normalized spacial score (nSPS) is 14.5. The van der Waals surface area contributed by atoms with Gasteiger partial charge in [-0.05, 0) is 11.6 Å². The Balaban J connectivity index is 2.01. The van der Waals surface area contributed by atoms with Gasteiger partial charge in [-0.1, -0.05) is 41.9 Å². The highest BCUT2D eigenvalue weighted by Crippen LogP contribution is 2.36. The molecule has 0 unspecified atom stereocenters. The molecule has 0 saturated heterocycles. The summed E-state index contributed by atoms with van der Waals surface area (Å²) in [7, 11) is 0. The number of nitrogens with one attached hydrogen (secondary N) is 1. The molecule has 1 aliphatic rings. The number of hydrogen-bond donors (Lipinski definition) is 2. The molecule has 2 N–H and O–H groups in total. The van der Waals surface area contributed by atoms with Crippen LogP contribution in [0.4, 0.5) is 11.4 Å². The van der Waals surface area contributed by atoms with E-state index in [1.165, 1.54) is 23.1 Å². The van der Waals surface area contributed by atoms with Crippen LogP contribution in [0, 0.1) is 15.5 Å². The third-order valence-electron chi connectivity index (χ3n) is 3.60. The van der Waals surface area contributed by atoms with Crippen molar-refractivity contribution in [3.05, 3.63) is 75.0 Å². The van der Waals surface area contributed by atoms with Crippen molar-refractivity contribution in [2.24, 2.45) is 0 Å². The third-order valence-corrected chi connectivity index (χ3v) is 3.92. The molecule has 0 fully saturated rings. The number of rotatable bonds is 3. The summed E-state index contributed by atoms with van der Waals surface area (Å²) in [5.41, 5.74) is 1.31. The van der Waals surface area contributed by atoms with Gasteiger partial charge in [0.2, 0.25) is 0 Å². The topological polar surface area (TPSA) is 90.5 Å². The number of hydrogen-bond acceptors (Lipinski definition) is 4. The number of halogens is 1. The molecule has 2 aromatic carbocycles.